The largest absolute Gasteiger partial charge is 0.472 e. The van der Waals surface area contributed by atoms with Crippen LogP contribution in [-0.2, 0) is 33.2 Å². The van der Waals surface area contributed by atoms with Crippen molar-refractivity contribution in [1.29, 1.82) is 0 Å². The Hall–Kier alpha value is -3.39. The van der Waals surface area contributed by atoms with E-state index in [0.717, 1.165) is 29.7 Å². The first-order valence-corrected chi connectivity index (χ1v) is 15.6. The summed E-state index contributed by atoms with van der Waals surface area (Å²) >= 11 is 0. The van der Waals surface area contributed by atoms with Crippen molar-refractivity contribution < 1.29 is 54.5 Å². The van der Waals surface area contributed by atoms with Crippen molar-refractivity contribution in [2.45, 2.75) is 75.5 Å². The number of methoxy groups -OCH3 is 1. The Kier molecular flexibility index (Phi) is 8.73. The zero-order chi connectivity index (χ0) is 33.9. The third kappa shape index (κ3) is 6.42. The maximum Gasteiger partial charge on any atom is 0.419 e. The van der Waals surface area contributed by atoms with Crippen LogP contribution in [0.5, 0.6) is 5.75 Å². The van der Waals surface area contributed by atoms with Crippen LogP contribution in [0.25, 0.3) is 0 Å². The molecule has 3 heterocycles. The molecule has 2 aromatic rings. The highest BCUT2D eigenvalue weighted by molar-refractivity contribution is 5.90. The lowest BCUT2D eigenvalue weighted by molar-refractivity contribution is -0.181. The Balaban J connectivity index is 1.13. The van der Waals surface area contributed by atoms with E-state index in [0.29, 0.717) is 32.0 Å². The van der Waals surface area contributed by atoms with Crippen molar-refractivity contribution in [2.24, 2.45) is 11.8 Å². The monoisotopic (exact) mass is 672 g/mol. The van der Waals surface area contributed by atoms with Crippen molar-refractivity contribution in [3.8, 4) is 5.75 Å². The predicted octanol–water partition coefficient (Wildman–Crippen LogP) is 6.78. The van der Waals surface area contributed by atoms with Crippen LogP contribution in [0.15, 0.2) is 30.3 Å². The molecule has 256 valence electrons. The zero-order valence-electron chi connectivity index (χ0n) is 25.8. The molecule has 1 amide bonds. The lowest BCUT2D eigenvalue weighted by Crippen LogP contribution is -2.59. The summed E-state index contributed by atoms with van der Waals surface area (Å²) in [6, 6.07) is 5.16. The van der Waals surface area contributed by atoms with Crippen molar-refractivity contribution in [3.63, 3.8) is 0 Å². The number of carbonyl (C=O) groups is 2. The number of hydrogen-bond acceptors (Lipinski definition) is 6. The predicted molar refractivity (Wildman–Crippen MR) is 153 cm³/mol. The summed E-state index contributed by atoms with van der Waals surface area (Å²) in [5.74, 6) is -2.41. The van der Waals surface area contributed by atoms with Gasteiger partial charge in [0.2, 0.25) is 0 Å². The Labute approximate surface area is 266 Å². The van der Waals surface area contributed by atoms with Gasteiger partial charge < -0.3 is 19.1 Å². The fraction of sp³-hybridized carbons (Fsp3) is 0.576. The Morgan fingerprint density at radius 3 is 2.34 bits per heavy atom. The first-order chi connectivity index (χ1) is 22.1. The molecule has 0 spiro atoms. The molecule has 0 aromatic heterocycles. The molecule has 3 aliphatic heterocycles. The molecular formula is C33H35F7N2O5. The minimum Gasteiger partial charge on any atom is -0.472 e. The summed E-state index contributed by atoms with van der Waals surface area (Å²) in [5, 5.41) is 0. The molecule has 4 atom stereocenters. The van der Waals surface area contributed by atoms with Gasteiger partial charge in [0.25, 0.3) is 5.91 Å². The van der Waals surface area contributed by atoms with Crippen LogP contribution >= 0.6 is 0 Å². The number of halogens is 7. The van der Waals surface area contributed by atoms with Gasteiger partial charge in [-0.2, -0.15) is 26.3 Å². The molecule has 0 radical (unpaired) electrons. The van der Waals surface area contributed by atoms with Crippen LogP contribution in [-0.4, -0.2) is 66.9 Å². The number of carbonyl (C=O) groups excluding carboxylic acids is 2. The summed E-state index contributed by atoms with van der Waals surface area (Å²) in [4.78, 5) is 29.5. The summed E-state index contributed by atoms with van der Waals surface area (Å²) in [6.07, 6.45) is -6.92. The van der Waals surface area contributed by atoms with Crippen molar-refractivity contribution >= 4 is 11.9 Å². The lowest BCUT2D eigenvalue weighted by atomic mass is 9.79. The molecule has 4 aliphatic rings. The Bertz CT molecular complexity index is 1530. The van der Waals surface area contributed by atoms with Gasteiger partial charge in [-0.1, -0.05) is 13.0 Å². The maximum atomic E-state index is 14.2. The smallest absolute Gasteiger partial charge is 0.419 e. The highest BCUT2D eigenvalue weighted by Crippen LogP contribution is 2.50. The van der Waals surface area contributed by atoms with E-state index in [1.165, 1.54) is 13.2 Å². The number of piperidine rings is 1. The fourth-order valence-corrected chi connectivity index (χ4v) is 7.47. The molecule has 6 rings (SSSR count). The molecule has 1 saturated carbocycles. The average molecular weight is 673 g/mol. The summed E-state index contributed by atoms with van der Waals surface area (Å²) < 4.78 is 112. The second-order valence-corrected chi connectivity index (χ2v) is 13.0. The number of benzene rings is 2. The van der Waals surface area contributed by atoms with Crippen LogP contribution in [0, 0.1) is 17.7 Å². The number of fused-ring (bicyclic) bond motifs is 1. The van der Waals surface area contributed by atoms with E-state index in [-0.39, 0.29) is 47.6 Å². The van der Waals surface area contributed by atoms with E-state index >= 15 is 0 Å². The van der Waals surface area contributed by atoms with Crippen LogP contribution < -0.4 is 4.74 Å². The number of ether oxygens (including phenoxy) is 3. The number of esters is 1. The van der Waals surface area contributed by atoms with Crippen LogP contribution in [0.1, 0.15) is 77.6 Å². The average Bonchev–Trinajstić information content (AvgIpc) is 3.89. The van der Waals surface area contributed by atoms with Crippen molar-refractivity contribution in [2.75, 3.05) is 33.5 Å². The highest BCUT2D eigenvalue weighted by Gasteiger charge is 2.56. The van der Waals surface area contributed by atoms with Gasteiger partial charge in [-0.15, -0.1) is 0 Å². The van der Waals surface area contributed by atoms with E-state index in [1.54, 1.807) is 12.1 Å². The van der Waals surface area contributed by atoms with E-state index < -0.39 is 65.8 Å². The first kappa shape index (κ1) is 33.5. The van der Waals surface area contributed by atoms with Gasteiger partial charge in [-0.25, -0.2) is 9.18 Å². The molecule has 3 fully saturated rings. The molecule has 14 heteroatoms. The summed E-state index contributed by atoms with van der Waals surface area (Å²) in [6.45, 7) is 2.74. The number of nitrogens with zero attached hydrogens (tertiary/aromatic N) is 2. The first-order valence-electron chi connectivity index (χ1n) is 15.6. The standard InChI is InChI=1S/C33H35F7N2O5/c1-18-14-41(10-8-24(18)19-3-6-27(34)25(12-19)29(43)45-2)23-7-9-31(47-16-23,21-4-5-21)30(44)42-15-20-11-22(32(35,36)37)13-26(33(38,39)40)28(20)46-17-42/h3,6,11-13,18,21,23-24H,4-5,7-10,14-17H2,1-2H3/t18-,23+,24-,31-/m0/s1. The zero-order valence-corrected chi connectivity index (χ0v) is 25.8. The van der Waals surface area contributed by atoms with Gasteiger partial charge in [-0.3, -0.25) is 9.69 Å². The second kappa shape index (κ2) is 12.2. The molecular weight excluding hydrogens is 637 g/mol. The number of hydrogen-bond donors (Lipinski definition) is 0. The van der Waals surface area contributed by atoms with E-state index in [1.807, 2.05) is 0 Å². The minimum absolute atomic E-state index is 0.000979. The molecule has 0 N–H and O–H groups in total. The normalized spacial score (nSPS) is 27.2. The van der Waals surface area contributed by atoms with Gasteiger partial charge in [0, 0.05) is 18.2 Å². The number of likely N-dealkylation sites (tertiary alicyclic amines) is 1. The number of rotatable bonds is 5. The summed E-state index contributed by atoms with van der Waals surface area (Å²) in [5.41, 5.74) is -3.82. The highest BCUT2D eigenvalue weighted by atomic mass is 19.4. The Morgan fingerprint density at radius 2 is 1.74 bits per heavy atom. The molecule has 7 nitrogen and oxygen atoms in total. The lowest BCUT2D eigenvalue weighted by Gasteiger charge is -2.47. The maximum absolute atomic E-state index is 14.2. The van der Waals surface area contributed by atoms with Crippen molar-refractivity contribution in [1.82, 2.24) is 9.80 Å². The third-order valence-corrected chi connectivity index (χ3v) is 10.1. The number of amides is 1. The quantitative estimate of drug-likeness (QED) is 0.258. The van der Waals surface area contributed by atoms with E-state index in [4.69, 9.17) is 14.2 Å². The fourth-order valence-electron chi connectivity index (χ4n) is 7.47. The van der Waals surface area contributed by atoms with Gasteiger partial charge in [0.15, 0.2) is 6.73 Å². The molecule has 0 bridgehead atoms. The van der Waals surface area contributed by atoms with Gasteiger partial charge in [-0.05, 0) is 86.2 Å². The number of alkyl halides is 6. The molecule has 0 unspecified atom stereocenters. The van der Waals surface area contributed by atoms with E-state index in [2.05, 4.69) is 11.8 Å². The molecule has 2 aromatic carbocycles. The molecule has 1 aliphatic carbocycles. The minimum atomic E-state index is -5.08. The van der Waals surface area contributed by atoms with E-state index in [9.17, 15) is 40.3 Å². The third-order valence-electron chi connectivity index (χ3n) is 10.1. The second-order valence-electron chi connectivity index (χ2n) is 13.0. The van der Waals surface area contributed by atoms with Gasteiger partial charge in [0.1, 0.15) is 17.2 Å². The van der Waals surface area contributed by atoms with Crippen LogP contribution in [0.2, 0.25) is 0 Å². The Morgan fingerprint density at radius 1 is 1.00 bits per heavy atom. The summed E-state index contributed by atoms with van der Waals surface area (Å²) in [7, 11) is 1.20. The van der Waals surface area contributed by atoms with Gasteiger partial charge in [0.05, 0.1) is 37.0 Å². The van der Waals surface area contributed by atoms with Crippen LogP contribution in [0.3, 0.4) is 0 Å². The van der Waals surface area contributed by atoms with Gasteiger partial charge >= 0.3 is 18.3 Å². The van der Waals surface area contributed by atoms with Crippen molar-refractivity contribution in [3.05, 3.63) is 64.0 Å². The molecule has 47 heavy (non-hydrogen) atoms. The van der Waals surface area contributed by atoms with Crippen LogP contribution in [0.4, 0.5) is 30.7 Å². The molecule has 2 saturated heterocycles. The SMILES string of the molecule is COC(=O)c1cc([C@H]2CCN([C@@H]3CC[C@@](C(=O)N4COc5c(cc(C(F)(F)F)cc5C(F)(F)F)C4)(C4CC4)OC3)C[C@@H]2C)ccc1F. The topological polar surface area (TPSA) is 68.3 Å².